The van der Waals surface area contributed by atoms with Gasteiger partial charge in [-0.25, -0.2) is 9.97 Å². The van der Waals surface area contributed by atoms with Crippen LogP contribution in [-0.4, -0.2) is 23.6 Å². The topological polar surface area (TPSA) is 29.0 Å². The summed E-state index contributed by atoms with van der Waals surface area (Å²) < 4.78 is 0. The van der Waals surface area contributed by atoms with Crippen molar-refractivity contribution >= 4 is 17.4 Å². The molecule has 18 heavy (non-hydrogen) atoms. The van der Waals surface area contributed by atoms with Crippen LogP contribution < -0.4 is 4.90 Å². The van der Waals surface area contributed by atoms with Crippen LogP contribution in [-0.2, 0) is 0 Å². The Hall–Kier alpha value is -0.830. The summed E-state index contributed by atoms with van der Waals surface area (Å²) in [4.78, 5) is 11.3. The van der Waals surface area contributed by atoms with Gasteiger partial charge in [0.1, 0.15) is 16.8 Å². The molecule has 1 aliphatic carbocycles. The summed E-state index contributed by atoms with van der Waals surface area (Å²) in [5, 5.41) is 0.600. The summed E-state index contributed by atoms with van der Waals surface area (Å²) in [6.45, 7) is 9.62. The maximum Gasteiger partial charge on any atom is 0.137 e. The van der Waals surface area contributed by atoms with Crippen LogP contribution >= 0.6 is 11.6 Å². The van der Waals surface area contributed by atoms with Gasteiger partial charge in [0, 0.05) is 25.1 Å². The molecular weight excluding hydrogens is 246 g/mol. The molecule has 0 atom stereocenters. The van der Waals surface area contributed by atoms with Crippen molar-refractivity contribution in [2.24, 2.45) is 5.41 Å². The maximum absolute atomic E-state index is 6.23. The number of nitrogens with zero attached hydrogens (tertiary/aromatic N) is 3. The van der Waals surface area contributed by atoms with Crippen LogP contribution in [0.25, 0.3) is 0 Å². The van der Waals surface area contributed by atoms with Gasteiger partial charge in [-0.2, -0.15) is 0 Å². The number of anilines is 1. The first-order chi connectivity index (χ1) is 8.28. The third kappa shape index (κ3) is 3.14. The Morgan fingerprint density at radius 2 is 1.89 bits per heavy atom. The lowest BCUT2D eigenvalue weighted by Crippen LogP contribution is -2.30. The Kier molecular flexibility index (Phi) is 3.54. The van der Waals surface area contributed by atoms with Gasteiger partial charge in [0.2, 0.25) is 0 Å². The molecule has 1 aromatic rings. The molecular formula is C14H22ClN3. The largest absolute Gasteiger partial charge is 0.359 e. The third-order valence-corrected chi connectivity index (χ3v) is 3.46. The van der Waals surface area contributed by atoms with Crippen molar-refractivity contribution in [1.29, 1.82) is 0 Å². The van der Waals surface area contributed by atoms with Gasteiger partial charge in [-0.15, -0.1) is 0 Å². The standard InChI is InChI=1S/C14H22ClN3/c1-9-11(15)16-12(10-6-7-10)17-13(9)18(5)8-14(2,3)4/h10H,6-8H2,1-5H3. The Labute approximate surface area is 115 Å². The van der Waals surface area contributed by atoms with Crippen LogP contribution in [0.15, 0.2) is 0 Å². The molecule has 0 radical (unpaired) electrons. The van der Waals surface area contributed by atoms with E-state index in [4.69, 9.17) is 16.6 Å². The molecule has 100 valence electrons. The van der Waals surface area contributed by atoms with Crippen molar-refractivity contribution in [1.82, 2.24) is 9.97 Å². The van der Waals surface area contributed by atoms with Crippen molar-refractivity contribution in [3.05, 3.63) is 16.5 Å². The van der Waals surface area contributed by atoms with Gasteiger partial charge in [-0.3, -0.25) is 0 Å². The SMILES string of the molecule is Cc1c(Cl)nc(C2CC2)nc1N(C)CC(C)(C)C. The molecule has 1 heterocycles. The average molecular weight is 268 g/mol. The lowest BCUT2D eigenvalue weighted by atomic mass is 9.96. The molecule has 0 aliphatic heterocycles. The second kappa shape index (κ2) is 4.69. The van der Waals surface area contributed by atoms with Crippen molar-refractivity contribution in [3.8, 4) is 0 Å². The molecule has 0 spiro atoms. The molecule has 0 unspecified atom stereocenters. The summed E-state index contributed by atoms with van der Waals surface area (Å²) in [5.74, 6) is 2.43. The Balaban J connectivity index is 2.30. The van der Waals surface area contributed by atoms with Crippen molar-refractivity contribution in [2.75, 3.05) is 18.5 Å². The predicted octanol–water partition coefficient (Wildman–Crippen LogP) is 3.80. The van der Waals surface area contributed by atoms with Gasteiger partial charge in [0.05, 0.1) is 0 Å². The third-order valence-electron chi connectivity index (χ3n) is 3.09. The highest BCUT2D eigenvalue weighted by molar-refractivity contribution is 6.30. The second-order valence-electron chi connectivity index (χ2n) is 6.51. The highest BCUT2D eigenvalue weighted by Gasteiger charge is 2.29. The van der Waals surface area contributed by atoms with Crippen molar-refractivity contribution in [2.45, 2.75) is 46.5 Å². The fourth-order valence-electron chi connectivity index (χ4n) is 2.18. The van der Waals surface area contributed by atoms with Gasteiger partial charge in [-0.1, -0.05) is 32.4 Å². The van der Waals surface area contributed by atoms with E-state index in [1.807, 2.05) is 6.92 Å². The lowest BCUT2D eigenvalue weighted by Gasteiger charge is -2.28. The molecule has 1 aromatic heterocycles. The van der Waals surface area contributed by atoms with Crippen molar-refractivity contribution in [3.63, 3.8) is 0 Å². The number of hydrogen-bond acceptors (Lipinski definition) is 3. The maximum atomic E-state index is 6.23. The minimum Gasteiger partial charge on any atom is -0.359 e. The molecule has 0 saturated heterocycles. The van der Waals surface area contributed by atoms with Gasteiger partial charge >= 0.3 is 0 Å². The molecule has 1 fully saturated rings. The van der Waals surface area contributed by atoms with Gasteiger partial charge in [-0.05, 0) is 25.2 Å². The van der Waals surface area contributed by atoms with E-state index in [-0.39, 0.29) is 5.41 Å². The minimum atomic E-state index is 0.234. The Morgan fingerprint density at radius 1 is 1.28 bits per heavy atom. The van der Waals surface area contributed by atoms with E-state index in [2.05, 4.69) is 37.7 Å². The zero-order valence-corrected chi connectivity index (χ0v) is 12.7. The normalized spacial score (nSPS) is 15.9. The molecule has 1 saturated carbocycles. The van der Waals surface area contributed by atoms with E-state index in [0.29, 0.717) is 11.1 Å². The van der Waals surface area contributed by atoms with Crippen LogP contribution in [0.4, 0.5) is 5.82 Å². The van der Waals surface area contributed by atoms with Crippen molar-refractivity contribution < 1.29 is 0 Å². The number of rotatable bonds is 3. The van der Waals surface area contributed by atoms with Gasteiger partial charge in [0.15, 0.2) is 0 Å². The van der Waals surface area contributed by atoms with E-state index in [0.717, 1.165) is 23.8 Å². The van der Waals surface area contributed by atoms with E-state index < -0.39 is 0 Å². The van der Waals surface area contributed by atoms with Crippen LogP contribution in [0.3, 0.4) is 0 Å². The molecule has 3 nitrogen and oxygen atoms in total. The summed E-state index contributed by atoms with van der Waals surface area (Å²) >= 11 is 6.23. The molecule has 4 heteroatoms. The first-order valence-electron chi connectivity index (χ1n) is 6.53. The second-order valence-corrected chi connectivity index (χ2v) is 6.87. The van der Waals surface area contributed by atoms with E-state index >= 15 is 0 Å². The molecule has 1 aliphatic rings. The zero-order chi connectivity index (χ0) is 13.5. The zero-order valence-electron chi connectivity index (χ0n) is 11.9. The van der Waals surface area contributed by atoms with Gasteiger partial charge < -0.3 is 4.90 Å². The van der Waals surface area contributed by atoms with E-state index in [1.165, 1.54) is 12.8 Å². The predicted molar refractivity (Wildman–Crippen MR) is 76.5 cm³/mol. The summed E-state index contributed by atoms with van der Waals surface area (Å²) in [6.07, 6.45) is 2.39. The number of halogens is 1. The minimum absolute atomic E-state index is 0.234. The highest BCUT2D eigenvalue weighted by atomic mass is 35.5. The highest BCUT2D eigenvalue weighted by Crippen LogP contribution is 2.40. The van der Waals surface area contributed by atoms with E-state index in [1.54, 1.807) is 0 Å². The molecule has 2 rings (SSSR count). The number of hydrogen-bond donors (Lipinski definition) is 0. The first kappa shape index (κ1) is 13.6. The fourth-order valence-corrected chi connectivity index (χ4v) is 2.35. The number of aromatic nitrogens is 2. The smallest absolute Gasteiger partial charge is 0.137 e. The summed E-state index contributed by atoms with van der Waals surface area (Å²) in [5.41, 5.74) is 1.21. The average Bonchev–Trinajstić information content (AvgIpc) is 3.02. The van der Waals surface area contributed by atoms with Crippen LogP contribution in [0, 0.1) is 12.3 Å². The molecule has 0 aromatic carbocycles. The molecule has 0 N–H and O–H groups in total. The summed E-state index contributed by atoms with van der Waals surface area (Å²) in [6, 6.07) is 0. The van der Waals surface area contributed by atoms with Gasteiger partial charge in [0.25, 0.3) is 0 Å². The van der Waals surface area contributed by atoms with E-state index in [9.17, 15) is 0 Å². The van der Waals surface area contributed by atoms with Crippen LogP contribution in [0.1, 0.15) is 50.9 Å². The molecule has 0 amide bonds. The monoisotopic (exact) mass is 267 g/mol. The summed E-state index contributed by atoms with van der Waals surface area (Å²) in [7, 11) is 2.08. The lowest BCUT2D eigenvalue weighted by molar-refractivity contribution is 0.417. The molecule has 0 bridgehead atoms. The van der Waals surface area contributed by atoms with Crippen LogP contribution in [0.2, 0.25) is 5.15 Å². The quantitative estimate of drug-likeness (QED) is 0.780. The van der Waals surface area contributed by atoms with Crippen LogP contribution in [0.5, 0.6) is 0 Å². The fraction of sp³-hybridized carbons (Fsp3) is 0.714. The Morgan fingerprint density at radius 3 is 2.39 bits per heavy atom. The Bertz CT molecular complexity index is 447. The first-order valence-corrected chi connectivity index (χ1v) is 6.91.